The van der Waals surface area contributed by atoms with Crippen LogP contribution in [0.5, 0.6) is 0 Å². The number of rotatable bonds is 4. The van der Waals surface area contributed by atoms with Crippen molar-refractivity contribution in [2.24, 2.45) is 0 Å². The highest BCUT2D eigenvalue weighted by atomic mass is 32.1. The number of hydroxylamine groups is 1. The molecule has 2 N–H and O–H groups in total. The lowest BCUT2D eigenvalue weighted by Gasteiger charge is -2.05. The number of H-pyrrole nitrogens is 1. The van der Waals surface area contributed by atoms with E-state index in [1.165, 1.54) is 16.8 Å². The van der Waals surface area contributed by atoms with Gasteiger partial charge in [0.2, 0.25) is 0 Å². The van der Waals surface area contributed by atoms with Crippen LogP contribution in [0.3, 0.4) is 0 Å². The second-order valence-corrected chi connectivity index (χ2v) is 2.67. The molecule has 1 aromatic rings. The van der Waals surface area contributed by atoms with E-state index >= 15 is 0 Å². The maximum atomic E-state index is 11.2. The van der Waals surface area contributed by atoms with Crippen LogP contribution in [-0.2, 0) is 11.5 Å². The second-order valence-electron chi connectivity index (χ2n) is 2.28. The van der Waals surface area contributed by atoms with Crippen LogP contribution in [0, 0.1) is 4.77 Å². The first-order chi connectivity index (χ1) is 6.25. The van der Waals surface area contributed by atoms with Gasteiger partial charge in [-0.25, -0.2) is 0 Å². The molecule has 0 fully saturated rings. The maximum Gasteiger partial charge on any atom is 0.255 e. The molecule has 1 rings (SSSR count). The smallest absolute Gasteiger partial charge is 0.255 e. The van der Waals surface area contributed by atoms with Crippen molar-refractivity contribution in [1.29, 1.82) is 0 Å². The van der Waals surface area contributed by atoms with Gasteiger partial charge < -0.3 is 9.82 Å². The number of nitrogens with zero attached hydrogens (tertiary/aromatic N) is 1. The van der Waals surface area contributed by atoms with E-state index in [4.69, 9.17) is 17.1 Å². The average Bonchev–Trinajstić information content (AvgIpc) is 2.10. The highest BCUT2D eigenvalue weighted by Crippen LogP contribution is 1.80. The minimum atomic E-state index is -0.157. The molecule has 0 aromatic carbocycles. The Morgan fingerprint density at radius 2 is 2.54 bits per heavy atom. The molecule has 5 nitrogen and oxygen atoms in total. The molecule has 0 aliphatic rings. The third-order valence-electron chi connectivity index (χ3n) is 1.41. The summed E-state index contributed by atoms with van der Waals surface area (Å²) in [4.78, 5) is 18.8. The molecule has 0 aliphatic heterocycles. The third kappa shape index (κ3) is 2.76. The Labute approximate surface area is 80.3 Å². The minimum absolute atomic E-state index is 0.157. The summed E-state index contributed by atoms with van der Waals surface area (Å²) in [5.74, 6) is 0. The van der Waals surface area contributed by atoms with Gasteiger partial charge in [-0.05, 0) is 19.1 Å². The summed E-state index contributed by atoms with van der Waals surface area (Å²) in [6.45, 7) is 2.64. The maximum absolute atomic E-state index is 11.2. The van der Waals surface area contributed by atoms with Crippen LogP contribution < -0.4 is 11.0 Å². The molecule has 6 heteroatoms. The van der Waals surface area contributed by atoms with Crippen molar-refractivity contribution in [3.8, 4) is 0 Å². The largest absolute Gasteiger partial charge is 0.339 e. The van der Waals surface area contributed by atoms with Crippen LogP contribution >= 0.6 is 12.2 Å². The molecule has 1 aromatic heterocycles. The second kappa shape index (κ2) is 4.90. The van der Waals surface area contributed by atoms with E-state index in [0.717, 1.165) is 0 Å². The Morgan fingerprint density at radius 3 is 3.15 bits per heavy atom. The van der Waals surface area contributed by atoms with Crippen molar-refractivity contribution < 1.29 is 4.84 Å². The van der Waals surface area contributed by atoms with Gasteiger partial charge >= 0.3 is 0 Å². The summed E-state index contributed by atoms with van der Waals surface area (Å²) in [5.41, 5.74) is 2.45. The van der Waals surface area contributed by atoms with Gasteiger partial charge in [-0.3, -0.25) is 9.36 Å². The van der Waals surface area contributed by atoms with Gasteiger partial charge in [-0.1, -0.05) is 0 Å². The summed E-state index contributed by atoms with van der Waals surface area (Å²) in [6, 6.07) is 1.41. The van der Waals surface area contributed by atoms with Crippen LogP contribution in [0.4, 0.5) is 0 Å². The molecule has 0 spiro atoms. The van der Waals surface area contributed by atoms with Crippen LogP contribution in [0.2, 0.25) is 0 Å². The van der Waals surface area contributed by atoms with Gasteiger partial charge in [0.15, 0.2) is 4.77 Å². The molecular formula is C7H11N3O2S. The molecule has 13 heavy (non-hydrogen) atoms. The predicted molar refractivity (Wildman–Crippen MR) is 50.6 cm³/mol. The van der Waals surface area contributed by atoms with Crippen molar-refractivity contribution in [2.75, 3.05) is 6.61 Å². The fourth-order valence-electron chi connectivity index (χ4n) is 0.814. The summed E-state index contributed by atoms with van der Waals surface area (Å²) >= 11 is 4.90. The molecule has 0 unspecified atom stereocenters. The van der Waals surface area contributed by atoms with E-state index in [1.807, 2.05) is 6.92 Å². The van der Waals surface area contributed by atoms with Crippen molar-refractivity contribution in [1.82, 2.24) is 15.0 Å². The van der Waals surface area contributed by atoms with E-state index in [9.17, 15) is 4.79 Å². The molecular weight excluding hydrogens is 190 g/mol. The topological polar surface area (TPSA) is 59.0 Å². The predicted octanol–water partition coefficient (Wildman–Crippen LogP) is 0.404. The molecule has 0 saturated carbocycles. The molecule has 0 amide bonds. The first kappa shape index (κ1) is 10.1. The van der Waals surface area contributed by atoms with Crippen LogP contribution in [0.25, 0.3) is 0 Å². The van der Waals surface area contributed by atoms with Gasteiger partial charge in [0.1, 0.15) is 6.67 Å². The Hall–Kier alpha value is -0.980. The van der Waals surface area contributed by atoms with Gasteiger partial charge in [-0.15, -0.1) is 0 Å². The molecule has 0 atom stereocenters. The van der Waals surface area contributed by atoms with Gasteiger partial charge in [0, 0.05) is 12.3 Å². The highest BCUT2D eigenvalue weighted by molar-refractivity contribution is 7.71. The summed E-state index contributed by atoms with van der Waals surface area (Å²) in [5, 5.41) is 0. The first-order valence-electron chi connectivity index (χ1n) is 3.89. The van der Waals surface area contributed by atoms with Crippen molar-refractivity contribution in [3.63, 3.8) is 0 Å². The van der Waals surface area contributed by atoms with Gasteiger partial charge in [0.25, 0.3) is 5.56 Å². The summed E-state index contributed by atoms with van der Waals surface area (Å²) in [7, 11) is 0. The Kier molecular flexibility index (Phi) is 3.81. The Bertz CT molecular complexity index is 342. The zero-order chi connectivity index (χ0) is 9.68. The molecule has 72 valence electrons. The lowest BCUT2D eigenvalue weighted by Crippen LogP contribution is -2.28. The van der Waals surface area contributed by atoms with Crippen molar-refractivity contribution in [3.05, 3.63) is 27.4 Å². The van der Waals surface area contributed by atoms with Crippen LogP contribution in [-0.4, -0.2) is 16.2 Å². The van der Waals surface area contributed by atoms with E-state index in [0.29, 0.717) is 11.4 Å². The molecule has 1 heterocycles. The Morgan fingerprint density at radius 1 is 1.77 bits per heavy atom. The van der Waals surface area contributed by atoms with E-state index in [1.54, 1.807) is 0 Å². The molecule has 0 radical (unpaired) electrons. The normalized spacial score (nSPS) is 10.2. The number of nitrogens with one attached hydrogen (secondary N) is 2. The monoisotopic (exact) mass is 201 g/mol. The van der Waals surface area contributed by atoms with Crippen LogP contribution in [0.15, 0.2) is 17.1 Å². The van der Waals surface area contributed by atoms with E-state index in [-0.39, 0.29) is 12.2 Å². The zero-order valence-electron chi connectivity index (χ0n) is 7.24. The fraction of sp³-hybridized carbons (Fsp3) is 0.429. The third-order valence-corrected chi connectivity index (χ3v) is 1.75. The number of hydrogen-bond donors (Lipinski definition) is 2. The molecule has 0 saturated heterocycles. The SMILES string of the molecule is CCONCn1c(=O)cc[nH]c1=S. The van der Waals surface area contributed by atoms with E-state index in [2.05, 4.69) is 10.5 Å². The lowest BCUT2D eigenvalue weighted by molar-refractivity contribution is 0.0315. The van der Waals surface area contributed by atoms with Crippen molar-refractivity contribution in [2.45, 2.75) is 13.6 Å². The first-order valence-corrected chi connectivity index (χ1v) is 4.29. The Balaban J connectivity index is 2.76. The van der Waals surface area contributed by atoms with Crippen LogP contribution in [0.1, 0.15) is 6.92 Å². The summed E-state index contributed by atoms with van der Waals surface area (Å²) < 4.78 is 1.74. The number of aromatic nitrogens is 2. The fourth-order valence-corrected chi connectivity index (χ4v) is 1.04. The number of hydrogen-bond acceptors (Lipinski definition) is 4. The lowest BCUT2D eigenvalue weighted by atomic mass is 10.6. The molecule has 0 aliphatic carbocycles. The van der Waals surface area contributed by atoms with E-state index < -0.39 is 0 Å². The average molecular weight is 201 g/mol. The quantitative estimate of drug-likeness (QED) is 0.421. The van der Waals surface area contributed by atoms with Crippen molar-refractivity contribution >= 4 is 12.2 Å². The number of aromatic amines is 1. The minimum Gasteiger partial charge on any atom is -0.339 e. The van der Waals surface area contributed by atoms with Gasteiger partial charge in [-0.2, -0.15) is 5.48 Å². The summed E-state index contributed by atoms with van der Waals surface area (Å²) in [6.07, 6.45) is 1.52. The van der Waals surface area contributed by atoms with Gasteiger partial charge in [0.05, 0.1) is 6.61 Å². The standard InChI is InChI=1S/C7H11N3O2S/c1-2-12-9-5-10-6(11)3-4-8-7(10)13/h3-4,9H,2,5H2,1H3,(H,8,13). The zero-order valence-corrected chi connectivity index (χ0v) is 8.06. The highest BCUT2D eigenvalue weighted by Gasteiger charge is 1.94. The molecule has 0 bridgehead atoms.